The summed E-state index contributed by atoms with van der Waals surface area (Å²) in [5, 5.41) is 3.39. The second-order valence-electron chi connectivity index (χ2n) is 4.63. The van der Waals surface area contributed by atoms with Crippen LogP contribution in [0.2, 0.25) is 0 Å². The number of aryl methyl sites for hydroxylation is 2. The van der Waals surface area contributed by atoms with Crippen LogP contribution in [-0.2, 0) is 6.42 Å². The molecule has 0 radical (unpaired) electrons. The van der Waals surface area contributed by atoms with Crippen molar-refractivity contribution < 1.29 is 4.42 Å². The van der Waals surface area contributed by atoms with E-state index < -0.39 is 0 Å². The molecule has 0 amide bonds. The second kappa shape index (κ2) is 5.87. The molecule has 0 atom stereocenters. The molecule has 4 nitrogen and oxygen atoms in total. The van der Waals surface area contributed by atoms with Crippen LogP contribution < -0.4 is 5.32 Å². The van der Waals surface area contributed by atoms with Gasteiger partial charge >= 0.3 is 0 Å². The van der Waals surface area contributed by atoms with Crippen molar-refractivity contribution in [2.75, 3.05) is 11.9 Å². The maximum Gasteiger partial charge on any atom is 0.165 e. The molecule has 0 aliphatic rings. The Morgan fingerprint density at radius 1 is 1.21 bits per heavy atom. The summed E-state index contributed by atoms with van der Waals surface area (Å²) < 4.78 is 5.34. The fourth-order valence-electron chi connectivity index (χ4n) is 2.15. The molecule has 4 heteroatoms. The van der Waals surface area contributed by atoms with Crippen molar-refractivity contribution in [3.05, 3.63) is 29.3 Å². The zero-order valence-electron chi connectivity index (χ0n) is 12.1. The number of hydrogen-bond acceptors (Lipinski definition) is 4. The monoisotopic (exact) mass is 259 g/mol. The van der Waals surface area contributed by atoms with Gasteiger partial charge in [-0.05, 0) is 32.8 Å². The number of aromatic nitrogens is 2. The summed E-state index contributed by atoms with van der Waals surface area (Å²) in [6, 6.07) is 1.92. The minimum Gasteiger partial charge on any atom is -0.469 e. The number of furan rings is 1. The van der Waals surface area contributed by atoms with Gasteiger partial charge in [-0.3, -0.25) is 0 Å². The van der Waals surface area contributed by atoms with Crippen molar-refractivity contribution in [3.63, 3.8) is 0 Å². The highest BCUT2D eigenvalue weighted by atomic mass is 16.3. The highest BCUT2D eigenvalue weighted by Gasteiger charge is 2.13. The molecular formula is C15H21N3O. The highest BCUT2D eigenvalue weighted by molar-refractivity contribution is 5.61. The molecule has 0 bridgehead atoms. The molecule has 19 heavy (non-hydrogen) atoms. The van der Waals surface area contributed by atoms with Crippen molar-refractivity contribution in [3.8, 4) is 11.4 Å². The summed E-state index contributed by atoms with van der Waals surface area (Å²) in [4.78, 5) is 9.27. The normalized spacial score (nSPS) is 10.7. The molecule has 0 fully saturated rings. The lowest BCUT2D eigenvalue weighted by Crippen LogP contribution is -2.09. The highest BCUT2D eigenvalue weighted by Crippen LogP contribution is 2.25. The van der Waals surface area contributed by atoms with Crippen molar-refractivity contribution >= 4 is 5.82 Å². The summed E-state index contributed by atoms with van der Waals surface area (Å²) in [5.41, 5.74) is 3.19. The van der Waals surface area contributed by atoms with Crippen LogP contribution in [0.3, 0.4) is 0 Å². The second-order valence-corrected chi connectivity index (χ2v) is 4.63. The number of nitrogens with one attached hydrogen (secondary N) is 1. The zero-order valence-corrected chi connectivity index (χ0v) is 12.1. The zero-order chi connectivity index (χ0) is 13.8. The third kappa shape index (κ3) is 2.78. The first-order chi connectivity index (χ1) is 9.17. The Morgan fingerprint density at radius 3 is 2.58 bits per heavy atom. The lowest BCUT2D eigenvalue weighted by molar-refractivity contribution is 0.535. The molecule has 0 saturated heterocycles. The molecule has 102 valence electrons. The van der Waals surface area contributed by atoms with Crippen molar-refractivity contribution in [2.45, 2.75) is 40.5 Å². The van der Waals surface area contributed by atoms with Crippen LogP contribution in [0.4, 0.5) is 5.82 Å². The molecule has 2 heterocycles. The Morgan fingerprint density at radius 2 is 2.00 bits per heavy atom. The standard InChI is InChI=1S/C15H21N3O/c1-5-8-16-14-12(6-2)10(3)17-15(18-14)13-7-9-19-11(13)4/h7,9H,5-6,8H2,1-4H3,(H,16,17,18). The first-order valence-electron chi connectivity index (χ1n) is 6.83. The molecule has 0 aliphatic carbocycles. The average Bonchev–Trinajstić information content (AvgIpc) is 2.82. The Balaban J connectivity index is 2.47. The van der Waals surface area contributed by atoms with E-state index in [9.17, 15) is 0 Å². The molecule has 0 spiro atoms. The Kier molecular flexibility index (Phi) is 4.20. The van der Waals surface area contributed by atoms with Crippen LogP contribution in [0, 0.1) is 13.8 Å². The lowest BCUT2D eigenvalue weighted by atomic mass is 10.1. The summed E-state index contributed by atoms with van der Waals surface area (Å²) in [7, 11) is 0. The molecule has 0 unspecified atom stereocenters. The van der Waals surface area contributed by atoms with Gasteiger partial charge in [0.15, 0.2) is 5.82 Å². The van der Waals surface area contributed by atoms with Crippen LogP contribution in [0.15, 0.2) is 16.7 Å². The van der Waals surface area contributed by atoms with E-state index in [2.05, 4.69) is 29.1 Å². The third-order valence-corrected chi connectivity index (χ3v) is 3.21. The van der Waals surface area contributed by atoms with Gasteiger partial charge in [0.25, 0.3) is 0 Å². The average molecular weight is 259 g/mol. The van der Waals surface area contributed by atoms with Gasteiger partial charge in [0.1, 0.15) is 11.6 Å². The van der Waals surface area contributed by atoms with Gasteiger partial charge < -0.3 is 9.73 Å². The van der Waals surface area contributed by atoms with Crippen LogP contribution in [0.25, 0.3) is 11.4 Å². The van der Waals surface area contributed by atoms with Crippen molar-refractivity contribution in [1.29, 1.82) is 0 Å². The number of rotatable bonds is 5. The Hall–Kier alpha value is -1.84. The summed E-state index contributed by atoms with van der Waals surface area (Å²) >= 11 is 0. The van der Waals surface area contributed by atoms with Gasteiger partial charge in [-0.15, -0.1) is 0 Å². The quantitative estimate of drug-likeness (QED) is 0.888. The van der Waals surface area contributed by atoms with Crippen molar-refractivity contribution in [2.24, 2.45) is 0 Å². The van der Waals surface area contributed by atoms with Crippen LogP contribution in [-0.4, -0.2) is 16.5 Å². The number of nitrogens with zero attached hydrogens (tertiary/aromatic N) is 2. The molecular weight excluding hydrogens is 238 g/mol. The molecule has 2 rings (SSSR count). The predicted molar refractivity (Wildman–Crippen MR) is 77.4 cm³/mol. The van der Waals surface area contributed by atoms with E-state index in [0.717, 1.165) is 48.0 Å². The summed E-state index contributed by atoms with van der Waals surface area (Å²) in [5.74, 6) is 2.54. The predicted octanol–water partition coefficient (Wildman–Crippen LogP) is 3.74. The minimum atomic E-state index is 0.736. The van der Waals surface area contributed by atoms with Gasteiger partial charge in [-0.1, -0.05) is 13.8 Å². The smallest absolute Gasteiger partial charge is 0.165 e. The largest absolute Gasteiger partial charge is 0.469 e. The van der Waals surface area contributed by atoms with E-state index in [-0.39, 0.29) is 0 Å². The minimum absolute atomic E-state index is 0.736. The molecule has 1 N–H and O–H groups in total. The van der Waals surface area contributed by atoms with Gasteiger partial charge in [0, 0.05) is 17.8 Å². The molecule has 0 aromatic carbocycles. The SMILES string of the molecule is CCCNc1nc(-c2ccoc2C)nc(C)c1CC. The molecule has 2 aromatic heterocycles. The van der Waals surface area contributed by atoms with E-state index in [1.54, 1.807) is 6.26 Å². The van der Waals surface area contributed by atoms with E-state index >= 15 is 0 Å². The first-order valence-corrected chi connectivity index (χ1v) is 6.83. The van der Waals surface area contributed by atoms with Crippen LogP contribution >= 0.6 is 0 Å². The third-order valence-electron chi connectivity index (χ3n) is 3.21. The van der Waals surface area contributed by atoms with Gasteiger partial charge in [-0.2, -0.15) is 0 Å². The fraction of sp³-hybridized carbons (Fsp3) is 0.467. The van der Waals surface area contributed by atoms with Crippen molar-refractivity contribution in [1.82, 2.24) is 9.97 Å². The first kappa shape index (κ1) is 13.6. The van der Waals surface area contributed by atoms with E-state index in [0.29, 0.717) is 0 Å². The van der Waals surface area contributed by atoms with E-state index in [4.69, 9.17) is 4.42 Å². The molecule has 2 aromatic rings. The maximum absolute atomic E-state index is 5.34. The van der Waals surface area contributed by atoms with Gasteiger partial charge in [0.2, 0.25) is 0 Å². The van der Waals surface area contributed by atoms with Crippen LogP contribution in [0.1, 0.15) is 37.3 Å². The summed E-state index contributed by atoms with van der Waals surface area (Å²) in [6.45, 7) is 9.17. The van der Waals surface area contributed by atoms with Gasteiger partial charge in [-0.25, -0.2) is 9.97 Å². The van der Waals surface area contributed by atoms with Crippen LogP contribution in [0.5, 0.6) is 0 Å². The Labute approximate surface area is 114 Å². The Bertz CT molecular complexity index is 561. The number of anilines is 1. The molecule has 0 saturated carbocycles. The lowest BCUT2D eigenvalue weighted by Gasteiger charge is -2.13. The van der Waals surface area contributed by atoms with E-state index in [1.165, 1.54) is 5.56 Å². The number of hydrogen-bond donors (Lipinski definition) is 1. The molecule has 0 aliphatic heterocycles. The fourth-order valence-corrected chi connectivity index (χ4v) is 2.15. The maximum atomic E-state index is 5.34. The topological polar surface area (TPSA) is 51.0 Å². The van der Waals surface area contributed by atoms with Gasteiger partial charge in [0.05, 0.1) is 11.8 Å². The van der Waals surface area contributed by atoms with E-state index in [1.807, 2.05) is 19.9 Å². The summed E-state index contributed by atoms with van der Waals surface area (Å²) in [6.07, 6.45) is 3.69.